The molecular weight excluding hydrogens is 721 g/mol. The van der Waals surface area contributed by atoms with Gasteiger partial charge in [0.2, 0.25) is 0 Å². The molecule has 0 aliphatic rings. The fourth-order valence-corrected chi connectivity index (χ4v) is 7.58. The van der Waals surface area contributed by atoms with Gasteiger partial charge in [-0.05, 0) is 38.5 Å². The van der Waals surface area contributed by atoms with Crippen molar-refractivity contribution in [3.63, 3.8) is 0 Å². The van der Waals surface area contributed by atoms with E-state index in [4.69, 9.17) is 18.5 Å². The van der Waals surface area contributed by atoms with Crippen LogP contribution in [0.25, 0.3) is 0 Å². The van der Waals surface area contributed by atoms with E-state index < -0.39 is 13.9 Å². The second-order valence-electron chi connectivity index (χ2n) is 17.5. The quantitative estimate of drug-likeness (QED) is 0.0215. The van der Waals surface area contributed by atoms with Gasteiger partial charge in [-0.3, -0.25) is 13.8 Å². The first-order chi connectivity index (χ1) is 27.1. The lowest BCUT2D eigenvalue weighted by atomic mass is 10.0. The zero-order valence-electron chi connectivity index (χ0n) is 37.9. The number of phosphoric acid groups is 1. The Morgan fingerprint density at radius 2 is 0.929 bits per heavy atom. The summed E-state index contributed by atoms with van der Waals surface area (Å²) < 4.78 is 35.1. The van der Waals surface area contributed by atoms with Gasteiger partial charge in [-0.15, -0.1) is 0 Å². The maximum absolute atomic E-state index is 12.7. The number of ether oxygens (including phenoxy) is 2. The second kappa shape index (κ2) is 41.0. The number of esters is 1. The van der Waals surface area contributed by atoms with E-state index in [-0.39, 0.29) is 25.8 Å². The Morgan fingerprint density at radius 3 is 1.36 bits per heavy atom. The van der Waals surface area contributed by atoms with Crippen molar-refractivity contribution in [2.75, 3.05) is 54.1 Å². The third-order valence-corrected chi connectivity index (χ3v) is 11.6. The van der Waals surface area contributed by atoms with Gasteiger partial charge >= 0.3 is 13.8 Å². The molecular formula is C47H95NO7P+. The van der Waals surface area contributed by atoms with Gasteiger partial charge in [0.1, 0.15) is 19.3 Å². The summed E-state index contributed by atoms with van der Waals surface area (Å²) in [6, 6.07) is 0. The van der Waals surface area contributed by atoms with Crippen LogP contribution in [0.2, 0.25) is 0 Å². The molecule has 0 saturated heterocycles. The van der Waals surface area contributed by atoms with E-state index in [0.717, 1.165) is 32.1 Å². The first-order valence-electron chi connectivity index (χ1n) is 23.9. The van der Waals surface area contributed by atoms with E-state index in [1.54, 1.807) is 0 Å². The molecule has 0 aliphatic carbocycles. The molecule has 0 fully saturated rings. The summed E-state index contributed by atoms with van der Waals surface area (Å²) in [6.45, 7) is 5.66. The Kier molecular flexibility index (Phi) is 40.4. The van der Waals surface area contributed by atoms with Gasteiger partial charge < -0.3 is 18.9 Å². The molecule has 9 heteroatoms. The molecule has 8 nitrogen and oxygen atoms in total. The molecule has 0 spiro atoms. The molecule has 0 heterocycles. The zero-order valence-corrected chi connectivity index (χ0v) is 38.8. The fraction of sp³-hybridized carbons (Fsp3) is 0.936. The number of hydrogen-bond donors (Lipinski definition) is 1. The van der Waals surface area contributed by atoms with Crippen molar-refractivity contribution in [3.8, 4) is 0 Å². The van der Waals surface area contributed by atoms with Crippen LogP contribution in [0.1, 0.15) is 226 Å². The monoisotopic (exact) mass is 817 g/mol. The van der Waals surface area contributed by atoms with Crippen molar-refractivity contribution in [2.24, 2.45) is 0 Å². The summed E-state index contributed by atoms with van der Waals surface area (Å²) in [6.07, 6.45) is 45.3. The molecule has 0 aromatic heterocycles. The van der Waals surface area contributed by atoms with Crippen LogP contribution in [0.5, 0.6) is 0 Å². The van der Waals surface area contributed by atoms with Crippen LogP contribution >= 0.6 is 7.82 Å². The third kappa shape index (κ3) is 44.3. The highest BCUT2D eigenvalue weighted by Crippen LogP contribution is 2.43. The van der Waals surface area contributed by atoms with Crippen molar-refractivity contribution < 1.29 is 37.3 Å². The Balaban J connectivity index is 4.17. The summed E-state index contributed by atoms with van der Waals surface area (Å²) in [5, 5.41) is 0. The fourth-order valence-electron chi connectivity index (χ4n) is 6.84. The minimum atomic E-state index is -4.27. The van der Waals surface area contributed by atoms with E-state index in [0.29, 0.717) is 24.1 Å². The molecule has 1 N–H and O–H groups in total. The molecule has 0 radical (unpaired) electrons. The Labute approximate surface area is 348 Å². The molecule has 2 unspecified atom stereocenters. The number of rotatable bonds is 45. The molecule has 0 aliphatic heterocycles. The van der Waals surface area contributed by atoms with Crippen LogP contribution in [-0.4, -0.2) is 75.6 Å². The lowest BCUT2D eigenvalue weighted by Crippen LogP contribution is -2.37. The smallest absolute Gasteiger partial charge is 0.457 e. The highest BCUT2D eigenvalue weighted by molar-refractivity contribution is 7.47. The lowest BCUT2D eigenvalue weighted by molar-refractivity contribution is -0.870. The average Bonchev–Trinajstić information content (AvgIpc) is 3.15. The van der Waals surface area contributed by atoms with Crippen molar-refractivity contribution in [1.29, 1.82) is 0 Å². The number of nitrogens with zero attached hydrogens (tertiary/aromatic N) is 1. The van der Waals surface area contributed by atoms with Crippen LogP contribution in [0, 0.1) is 0 Å². The Morgan fingerprint density at radius 1 is 0.536 bits per heavy atom. The van der Waals surface area contributed by atoms with Crippen LogP contribution in [0.3, 0.4) is 0 Å². The molecule has 0 rings (SSSR count). The topological polar surface area (TPSA) is 91.3 Å². The van der Waals surface area contributed by atoms with Gasteiger partial charge in [0.05, 0.1) is 34.4 Å². The van der Waals surface area contributed by atoms with E-state index in [1.165, 1.54) is 173 Å². The predicted molar refractivity (Wildman–Crippen MR) is 238 cm³/mol. The predicted octanol–water partition coefficient (Wildman–Crippen LogP) is 14.2. The molecule has 0 aromatic carbocycles. The van der Waals surface area contributed by atoms with Gasteiger partial charge in [-0.25, -0.2) is 4.57 Å². The van der Waals surface area contributed by atoms with E-state index in [1.807, 2.05) is 21.1 Å². The molecule has 2 atom stereocenters. The van der Waals surface area contributed by atoms with Gasteiger partial charge in [0.15, 0.2) is 0 Å². The number of carbonyl (C=O) groups excluding carboxylic acids is 1. The van der Waals surface area contributed by atoms with Crippen LogP contribution in [0.4, 0.5) is 0 Å². The van der Waals surface area contributed by atoms with E-state index in [9.17, 15) is 14.3 Å². The second-order valence-corrected chi connectivity index (χ2v) is 19.0. The number of phosphoric ester groups is 1. The Hall–Kier alpha value is -0.760. The van der Waals surface area contributed by atoms with Crippen LogP contribution in [-0.2, 0) is 27.9 Å². The SMILES string of the molecule is CCCCCCCCC/C=C\CCCCCCCCOCC(COP(=O)(O)OCC[N+](C)(C)C)OC(=O)CCCCCCCCCCCCCCCCCCC. The number of likely N-dealkylation sites (N-methyl/N-ethyl adjacent to an activating group) is 1. The first-order valence-corrected chi connectivity index (χ1v) is 25.4. The molecule has 0 amide bonds. The number of unbranched alkanes of at least 4 members (excludes halogenated alkanes) is 29. The van der Waals surface area contributed by atoms with Crippen molar-refractivity contribution in [3.05, 3.63) is 12.2 Å². The van der Waals surface area contributed by atoms with Crippen molar-refractivity contribution >= 4 is 13.8 Å². The summed E-state index contributed by atoms with van der Waals surface area (Å²) in [4.78, 5) is 22.9. The molecule has 56 heavy (non-hydrogen) atoms. The standard InChI is InChI=1S/C47H94NO7P/c1-6-8-10-12-14-16-18-20-22-24-26-28-30-32-34-36-38-40-47(49)55-46(45-54-56(50,51)53-43-41-48(3,4)5)44-52-42-39-37-35-33-31-29-27-25-23-21-19-17-15-13-11-9-7-2/h23,25,46H,6-22,24,26-45H2,1-5H3/p+1/b25-23-. The number of quaternary nitrogens is 1. The van der Waals surface area contributed by atoms with Gasteiger partial charge in [-0.2, -0.15) is 0 Å². The Bertz CT molecular complexity index is 909. The van der Waals surface area contributed by atoms with E-state index >= 15 is 0 Å². The largest absolute Gasteiger partial charge is 0.472 e. The normalized spacial score (nSPS) is 13.8. The summed E-state index contributed by atoms with van der Waals surface area (Å²) in [7, 11) is 1.68. The highest BCUT2D eigenvalue weighted by atomic mass is 31.2. The number of carbonyl (C=O) groups is 1. The van der Waals surface area contributed by atoms with Gasteiger partial charge in [0.25, 0.3) is 0 Å². The summed E-state index contributed by atoms with van der Waals surface area (Å²) >= 11 is 0. The van der Waals surface area contributed by atoms with Crippen molar-refractivity contribution in [1.82, 2.24) is 0 Å². The minimum Gasteiger partial charge on any atom is -0.457 e. The minimum absolute atomic E-state index is 0.0908. The van der Waals surface area contributed by atoms with Crippen molar-refractivity contribution in [2.45, 2.75) is 232 Å². The van der Waals surface area contributed by atoms with Crippen LogP contribution < -0.4 is 0 Å². The third-order valence-electron chi connectivity index (χ3n) is 10.6. The van der Waals surface area contributed by atoms with Gasteiger partial charge in [0, 0.05) is 13.0 Å². The lowest BCUT2D eigenvalue weighted by Gasteiger charge is -2.24. The number of hydrogen-bond acceptors (Lipinski definition) is 6. The molecule has 0 bridgehead atoms. The average molecular weight is 817 g/mol. The van der Waals surface area contributed by atoms with E-state index in [2.05, 4.69) is 26.0 Å². The summed E-state index contributed by atoms with van der Waals surface area (Å²) in [5.41, 5.74) is 0. The first kappa shape index (κ1) is 55.2. The molecule has 0 saturated carbocycles. The van der Waals surface area contributed by atoms with Crippen LogP contribution in [0.15, 0.2) is 12.2 Å². The zero-order chi connectivity index (χ0) is 41.3. The maximum atomic E-state index is 12.7. The molecule has 334 valence electrons. The summed E-state index contributed by atoms with van der Waals surface area (Å²) in [5.74, 6) is -0.311. The van der Waals surface area contributed by atoms with Gasteiger partial charge in [-0.1, -0.05) is 193 Å². The molecule has 0 aromatic rings. The highest BCUT2D eigenvalue weighted by Gasteiger charge is 2.26. The maximum Gasteiger partial charge on any atom is 0.472 e. The number of allylic oxidation sites excluding steroid dienone is 2.